The number of anilines is 1. The third kappa shape index (κ3) is 2.57. The second kappa shape index (κ2) is 5.46. The zero-order valence-corrected chi connectivity index (χ0v) is 11.0. The van der Waals surface area contributed by atoms with Gasteiger partial charge in [-0.2, -0.15) is 4.98 Å². The van der Waals surface area contributed by atoms with Gasteiger partial charge in [-0.3, -0.25) is 10.1 Å². The Morgan fingerprint density at radius 2 is 2.20 bits per heavy atom. The van der Waals surface area contributed by atoms with E-state index in [0.29, 0.717) is 17.1 Å². The molecule has 0 saturated carbocycles. The maximum atomic E-state index is 10.9. The number of fused-ring (bicyclic) bond motifs is 1. The summed E-state index contributed by atoms with van der Waals surface area (Å²) in [6.07, 6.45) is 2.52. The molecule has 7 nitrogen and oxygen atoms in total. The first-order chi connectivity index (χ1) is 9.74. The highest BCUT2D eigenvalue weighted by Crippen LogP contribution is 2.27. The predicted molar refractivity (Wildman–Crippen MR) is 74.8 cm³/mol. The highest BCUT2D eigenvalue weighted by Gasteiger charge is 2.17. The smallest absolute Gasteiger partial charge is 0.298 e. The molecule has 3 rings (SSSR count). The maximum absolute atomic E-state index is 10.9. The van der Waals surface area contributed by atoms with E-state index in [1.54, 1.807) is 12.1 Å². The van der Waals surface area contributed by atoms with Gasteiger partial charge in [0.05, 0.1) is 4.92 Å². The Morgan fingerprint density at radius 3 is 2.95 bits per heavy atom. The number of aromatic nitrogens is 1. The number of benzene rings is 1. The van der Waals surface area contributed by atoms with E-state index in [1.807, 2.05) is 0 Å². The first kappa shape index (κ1) is 12.9. The lowest BCUT2D eigenvalue weighted by atomic mass is 10.3. The zero-order chi connectivity index (χ0) is 13.9. The monoisotopic (exact) mass is 276 g/mol. The van der Waals surface area contributed by atoms with Crippen molar-refractivity contribution in [2.45, 2.75) is 12.8 Å². The fourth-order valence-electron chi connectivity index (χ4n) is 2.48. The minimum Gasteiger partial charge on any atom is -0.423 e. The molecule has 7 heteroatoms. The molecule has 1 saturated heterocycles. The van der Waals surface area contributed by atoms with Crippen molar-refractivity contribution >= 4 is 22.8 Å². The SMILES string of the molecule is O=[N+]([O-])c1cccc2oc(NCCN3CCCC3)nc12. The van der Waals surface area contributed by atoms with Crippen molar-refractivity contribution in [3.8, 4) is 0 Å². The molecule has 0 aliphatic carbocycles. The van der Waals surface area contributed by atoms with Crippen LogP contribution >= 0.6 is 0 Å². The highest BCUT2D eigenvalue weighted by atomic mass is 16.6. The van der Waals surface area contributed by atoms with Crippen LogP contribution in [0.2, 0.25) is 0 Å². The van der Waals surface area contributed by atoms with Gasteiger partial charge in [0, 0.05) is 19.2 Å². The number of para-hydroxylation sites is 1. The molecule has 1 aliphatic heterocycles. The normalized spacial score (nSPS) is 15.8. The van der Waals surface area contributed by atoms with Crippen molar-refractivity contribution in [3.63, 3.8) is 0 Å². The van der Waals surface area contributed by atoms with E-state index in [2.05, 4.69) is 15.2 Å². The number of nitro benzene ring substituents is 1. The number of oxazole rings is 1. The molecular weight excluding hydrogens is 260 g/mol. The van der Waals surface area contributed by atoms with Gasteiger partial charge in [-0.1, -0.05) is 6.07 Å². The third-order valence-corrected chi connectivity index (χ3v) is 3.50. The topological polar surface area (TPSA) is 84.4 Å². The average molecular weight is 276 g/mol. The molecule has 1 aromatic carbocycles. The van der Waals surface area contributed by atoms with Crippen LogP contribution < -0.4 is 5.32 Å². The van der Waals surface area contributed by atoms with Crippen LogP contribution in [-0.4, -0.2) is 41.0 Å². The van der Waals surface area contributed by atoms with E-state index in [0.717, 1.165) is 26.2 Å². The van der Waals surface area contributed by atoms with Crippen LogP contribution in [0.1, 0.15) is 12.8 Å². The van der Waals surface area contributed by atoms with Crippen LogP contribution in [0, 0.1) is 10.1 Å². The largest absolute Gasteiger partial charge is 0.423 e. The summed E-state index contributed by atoms with van der Waals surface area (Å²) in [4.78, 5) is 17.0. The summed E-state index contributed by atoms with van der Waals surface area (Å²) in [6, 6.07) is 5.05. The summed E-state index contributed by atoms with van der Waals surface area (Å²) >= 11 is 0. The van der Waals surface area contributed by atoms with Gasteiger partial charge in [0.25, 0.3) is 11.7 Å². The molecule has 0 atom stereocenters. The summed E-state index contributed by atoms with van der Waals surface area (Å²) in [5.74, 6) is 0. The molecule has 0 bridgehead atoms. The van der Waals surface area contributed by atoms with Gasteiger partial charge in [0.15, 0.2) is 11.1 Å². The van der Waals surface area contributed by atoms with Gasteiger partial charge >= 0.3 is 0 Å². The highest BCUT2D eigenvalue weighted by molar-refractivity contribution is 5.83. The Balaban J connectivity index is 1.69. The zero-order valence-electron chi connectivity index (χ0n) is 11.0. The van der Waals surface area contributed by atoms with E-state index in [-0.39, 0.29) is 5.69 Å². The van der Waals surface area contributed by atoms with E-state index in [9.17, 15) is 10.1 Å². The molecule has 2 aromatic rings. The lowest BCUT2D eigenvalue weighted by Crippen LogP contribution is -2.25. The Hall–Kier alpha value is -2.15. The second-order valence-corrected chi connectivity index (χ2v) is 4.88. The number of non-ortho nitro benzene ring substituents is 1. The molecule has 1 fully saturated rings. The summed E-state index contributed by atoms with van der Waals surface area (Å²) in [5, 5.41) is 14.0. The number of likely N-dealkylation sites (tertiary alicyclic amines) is 1. The standard InChI is InChI=1S/C13H16N4O3/c18-17(19)10-4-3-5-11-12(10)15-13(20-11)14-6-9-16-7-1-2-8-16/h3-5H,1-2,6-9H2,(H,14,15). The summed E-state index contributed by atoms with van der Waals surface area (Å²) < 4.78 is 5.48. The van der Waals surface area contributed by atoms with Gasteiger partial charge < -0.3 is 14.6 Å². The van der Waals surface area contributed by atoms with Gasteiger partial charge in [-0.25, -0.2) is 0 Å². The average Bonchev–Trinajstić information content (AvgIpc) is 3.06. The van der Waals surface area contributed by atoms with Gasteiger partial charge in [0.1, 0.15) is 0 Å². The molecule has 1 aromatic heterocycles. The Labute approximate surface area is 115 Å². The third-order valence-electron chi connectivity index (χ3n) is 3.50. The molecular formula is C13H16N4O3. The minimum absolute atomic E-state index is 0.0288. The van der Waals surface area contributed by atoms with Crippen molar-refractivity contribution in [3.05, 3.63) is 28.3 Å². The van der Waals surface area contributed by atoms with Crippen LogP contribution in [-0.2, 0) is 0 Å². The Kier molecular flexibility index (Phi) is 3.51. The number of nitrogens with one attached hydrogen (secondary N) is 1. The molecule has 20 heavy (non-hydrogen) atoms. The molecule has 1 aliphatic rings. The second-order valence-electron chi connectivity index (χ2n) is 4.88. The Morgan fingerprint density at radius 1 is 1.40 bits per heavy atom. The van der Waals surface area contributed by atoms with E-state index >= 15 is 0 Å². The molecule has 0 spiro atoms. The Bertz CT molecular complexity index is 619. The minimum atomic E-state index is -0.446. The van der Waals surface area contributed by atoms with Crippen molar-refractivity contribution in [2.75, 3.05) is 31.5 Å². The molecule has 0 radical (unpaired) electrons. The lowest BCUT2D eigenvalue weighted by molar-refractivity contribution is -0.383. The molecule has 106 valence electrons. The fraction of sp³-hybridized carbons (Fsp3) is 0.462. The predicted octanol–water partition coefficient (Wildman–Crippen LogP) is 2.24. The lowest BCUT2D eigenvalue weighted by Gasteiger charge is -2.13. The van der Waals surface area contributed by atoms with E-state index < -0.39 is 4.92 Å². The van der Waals surface area contributed by atoms with Crippen molar-refractivity contribution in [1.29, 1.82) is 0 Å². The molecule has 2 heterocycles. The molecule has 0 unspecified atom stereocenters. The van der Waals surface area contributed by atoms with Crippen molar-refractivity contribution in [2.24, 2.45) is 0 Å². The van der Waals surface area contributed by atoms with Crippen LogP contribution in [0.25, 0.3) is 11.1 Å². The first-order valence-corrected chi connectivity index (χ1v) is 6.74. The molecule has 0 amide bonds. The maximum Gasteiger partial charge on any atom is 0.298 e. The number of hydrogen-bond donors (Lipinski definition) is 1. The van der Waals surface area contributed by atoms with Gasteiger partial charge in [-0.05, 0) is 32.0 Å². The summed E-state index contributed by atoms with van der Waals surface area (Å²) in [6.45, 7) is 3.93. The van der Waals surface area contributed by atoms with Crippen LogP contribution in [0.3, 0.4) is 0 Å². The van der Waals surface area contributed by atoms with Crippen LogP contribution in [0.15, 0.2) is 22.6 Å². The van der Waals surface area contributed by atoms with E-state index in [4.69, 9.17) is 4.42 Å². The van der Waals surface area contributed by atoms with Gasteiger partial charge in [0.2, 0.25) is 0 Å². The van der Waals surface area contributed by atoms with Crippen molar-refractivity contribution in [1.82, 2.24) is 9.88 Å². The number of nitrogens with zero attached hydrogens (tertiary/aromatic N) is 3. The quantitative estimate of drug-likeness (QED) is 0.666. The first-order valence-electron chi connectivity index (χ1n) is 6.74. The number of nitro groups is 1. The van der Waals surface area contributed by atoms with Crippen molar-refractivity contribution < 1.29 is 9.34 Å². The van der Waals surface area contributed by atoms with Gasteiger partial charge in [-0.15, -0.1) is 0 Å². The number of rotatable bonds is 5. The number of hydrogen-bond acceptors (Lipinski definition) is 6. The summed E-state index contributed by atoms with van der Waals surface area (Å²) in [5.41, 5.74) is 0.697. The molecule has 1 N–H and O–H groups in total. The van der Waals surface area contributed by atoms with Crippen LogP contribution in [0.5, 0.6) is 0 Å². The van der Waals surface area contributed by atoms with E-state index in [1.165, 1.54) is 18.9 Å². The fourth-order valence-corrected chi connectivity index (χ4v) is 2.48. The van der Waals surface area contributed by atoms with Crippen LogP contribution in [0.4, 0.5) is 11.7 Å². The summed E-state index contributed by atoms with van der Waals surface area (Å²) in [7, 11) is 0.